The predicted octanol–water partition coefficient (Wildman–Crippen LogP) is 5.84. The summed E-state index contributed by atoms with van der Waals surface area (Å²) in [5.74, 6) is 4.28. The van der Waals surface area contributed by atoms with Gasteiger partial charge in [0.1, 0.15) is 11.5 Å². The Bertz CT molecular complexity index is 811. The standard InChI is InChI=1S/C26H38O2Si/c1-7-17-15-23(27)26(6)13-12-21-20-11-9-19(28-29-25(4,5)16(2)3)14-18(20)8-10-22(21)24(17)26/h7,9,11,14,16-17,21-22,24H,1,8,10,12-13,15,29H2,2-6H3/t17-,21+,22+,24-,26+/m0/s1. The number of fused-ring (bicyclic) bond motifs is 5. The average Bonchev–Trinajstić information content (AvgIpc) is 2.96. The molecule has 0 radical (unpaired) electrons. The van der Waals surface area contributed by atoms with Gasteiger partial charge in [-0.15, -0.1) is 6.58 Å². The van der Waals surface area contributed by atoms with Gasteiger partial charge in [-0.1, -0.05) is 46.8 Å². The maximum Gasteiger partial charge on any atom is 0.225 e. The first-order valence-electron chi connectivity index (χ1n) is 11.6. The van der Waals surface area contributed by atoms with E-state index in [9.17, 15) is 4.79 Å². The number of carbonyl (C=O) groups excluding carboxylic acids is 1. The van der Waals surface area contributed by atoms with Gasteiger partial charge in [0.2, 0.25) is 9.76 Å². The minimum absolute atomic E-state index is 0.116. The van der Waals surface area contributed by atoms with Crippen LogP contribution >= 0.6 is 0 Å². The van der Waals surface area contributed by atoms with E-state index in [4.69, 9.17) is 4.43 Å². The number of carbonyl (C=O) groups is 1. The van der Waals surface area contributed by atoms with Gasteiger partial charge in [0, 0.05) is 11.8 Å². The second-order valence-corrected chi connectivity index (χ2v) is 13.5. The molecule has 0 amide bonds. The van der Waals surface area contributed by atoms with Gasteiger partial charge >= 0.3 is 0 Å². The van der Waals surface area contributed by atoms with Gasteiger partial charge in [-0.05, 0) is 83.6 Å². The number of hydrogen-bond donors (Lipinski definition) is 0. The zero-order valence-electron chi connectivity index (χ0n) is 19.0. The molecule has 4 rings (SSSR count). The van der Waals surface area contributed by atoms with Crippen LogP contribution in [0, 0.1) is 29.1 Å². The third-order valence-corrected chi connectivity index (χ3v) is 11.0. The Morgan fingerprint density at radius 3 is 2.76 bits per heavy atom. The molecule has 158 valence electrons. The molecule has 3 aliphatic rings. The van der Waals surface area contributed by atoms with Crippen LogP contribution in [0.5, 0.6) is 5.75 Å². The quantitative estimate of drug-likeness (QED) is 0.450. The molecule has 2 saturated carbocycles. The van der Waals surface area contributed by atoms with Crippen molar-refractivity contribution in [2.45, 2.75) is 77.7 Å². The molecule has 0 aliphatic heterocycles. The van der Waals surface area contributed by atoms with E-state index in [0.717, 1.165) is 25.0 Å². The molecule has 2 fully saturated rings. The van der Waals surface area contributed by atoms with Crippen molar-refractivity contribution in [2.75, 3.05) is 0 Å². The van der Waals surface area contributed by atoms with Crippen molar-refractivity contribution in [3.63, 3.8) is 0 Å². The first-order valence-corrected chi connectivity index (χ1v) is 12.9. The predicted molar refractivity (Wildman–Crippen MR) is 123 cm³/mol. The zero-order valence-corrected chi connectivity index (χ0v) is 20.4. The molecule has 1 aromatic rings. The Labute approximate surface area is 179 Å². The first-order chi connectivity index (χ1) is 13.7. The molecule has 0 N–H and O–H groups in total. The average molecular weight is 411 g/mol. The second kappa shape index (κ2) is 7.41. The summed E-state index contributed by atoms with van der Waals surface area (Å²) >= 11 is 0. The number of Topliss-reactive ketones (excluding diaryl/α,β-unsaturated/α-hetero) is 1. The fourth-order valence-electron chi connectivity index (χ4n) is 6.25. The fourth-order valence-corrected chi connectivity index (χ4v) is 7.31. The van der Waals surface area contributed by atoms with Gasteiger partial charge in [-0.3, -0.25) is 4.79 Å². The number of benzene rings is 1. The Hall–Kier alpha value is -1.35. The monoisotopic (exact) mass is 410 g/mol. The molecule has 3 heteroatoms. The van der Waals surface area contributed by atoms with Gasteiger partial charge in [0.05, 0.1) is 0 Å². The smallest absolute Gasteiger partial charge is 0.225 e. The van der Waals surface area contributed by atoms with E-state index in [1.807, 2.05) is 0 Å². The summed E-state index contributed by atoms with van der Waals surface area (Å²) in [6.45, 7) is 15.6. The van der Waals surface area contributed by atoms with E-state index in [-0.39, 0.29) is 5.41 Å². The van der Waals surface area contributed by atoms with Crippen LogP contribution in [0.4, 0.5) is 0 Å². The molecule has 29 heavy (non-hydrogen) atoms. The Morgan fingerprint density at radius 2 is 2.07 bits per heavy atom. The summed E-state index contributed by atoms with van der Waals surface area (Å²) in [4.78, 5) is 12.8. The van der Waals surface area contributed by atoms with E-state index in [1.54, 1.807) is 0 Å². The van der Waals surface area contributed by atoms with Crippen LogP contribution in [0.1, 0.15) is 77.3 Å². The van der Waals surface area contributed by atoms with Crippen molar-refractivity contribution < 1.29 is 9.22 Å². The molecule has 0 unspecified atom stereocenters. The Balaban J connectivity index is 1.56. The lowest BCUT2D eigenvalue weighted by atomic mass is 9.54. The van der Waals surface area contributed by atoms with E-state index in [1.165, 1.54) is 17.5 Å². The van der Waals surface area contributed by atoms with Crippen LogP contribution in [-0.4, -0.2) is 15.5 Å². The van der Waals surface area contributed by atoms with E-state index in [0.29, 0.717) is 46.8 Å². The molecule has 0 spiro atoms. The third kappa shape index (κ3) is 3.44. The highest BCUT2D eigenvalue weighted by Gasteiger charge is 2.57. The van der Waals surface area contributed by atoms with Crippen molar-refractivity contribution in [3.05, 3.63) is 42.0 Å². The second-order valence-electron chi connectivity index (χ2n) is 11.1. The zero-order chi connectivity index (χ0) is 21.0. The molecule has 1 aromatic carbocycles. The number of allylic oxidation sites excluding steroid dienone is 1. The van der Waals surface area contributed by atoms with Crippen molar-refractivity contribution in [2.24, 2.45) is 29.1 Å². The van der Waals surface area contributed by atoms with Crippen LogP contribution in [0.3, 0.4) is 0 Å². The lowest BCUT2D eigenvalue weighted by Crippen LogP contribution is -2.44. The molecular formula is C26H38O2Si. The number of aryl methyl sites for hydroxylation is 1. The van der Waals surface area contributed by atoms with Crippen LogP contribution in [-0.2, 0) is 11.2 Å². The SMILES string of the molecule is C=C[C@H]1CC(=O)[C@@]2(C)CC[C@@H]3c4ccc(O[SiH2]C(C)(C)C(C)C)cc4CC[C@H]3[C@H]12. The van der Waals surface area contributed by atoms with Gasteiger partial charge in [-0.2, -0.15) is 0 Å². The summed E-state index contributed by atoms with van der Waals surface area (Å²) in [5.41, 5.74) is 2.90. The lowest BCUT2D eigenvalue weighted by Gasteiger charge is -2.49. The topological polar surface area (TPSA) is 26.3 Å². The summed E-state index contributed by atoms with van der Waals surface area (Å²) in [6.07, 6.45) is 7.29. The molecule has 2 nitrogen and oxygen atoms in total. The fraction of sp³-hybridized carbons (Fsp3) is 0.654. The normalized spacial score (nSPS) is 34.2. The Morgan fingerprint density at radius 1 is 1.31 bits per heavy atom. The molecule has 0 aromatic heterocycles. The van der Waals surface area contributed by atoms with Gasteiger partial charge in [-0.25, -0.2) is 0 Å². The van der Waals surface area contributed by atoms with Gasteiger partial charge in [0.15, 0.2) is 0 Å². The van der Waals surface area contributed by atoms with Crippen LogP contribution in [0.2, 0.25) is 5.04 Å². The van der Waals surface area contributed by atoms with Crippen LogP contribution in [0.25, 0.3) is 0 Å². The molecule has 0 heterocycles. The van der Waals surface area contributed by atoms with Crippen LogP contribution in [0.15, 0.2) is 30.9 Å². The highest BCUT2D eigenvalue weighted by molar-refractivity contribution is 6.33. The largest absolute Gasteiger partial charge is 0.549 e. The van der Waals surface area contributed by atoms with E-state index < -0.39 is 9.76 Å². The summed E-state index contributed by atoms with van der Waals surface area (Å²) in [5, 5.41) is 0.309. The number of hydrogen-bond acceptors (Lipinski definition) is 2. The maximum absolute atomic E-state index is 12.8. The molecule has 0 bridgehead atoms. The number of ketones is 1. The lowest BCUT2D eigenvalue weighted by molar-refractivity contribution is -0.129. The number of rotatable bonds is 5. The Kier molecular flexibility index (Phi) is 5.34. The maximum atomic E-state index is 12.8. The van der Waals surface area contributed by atoms with Crippen molar-refractivity contribution in [3.8, 4) is 5.75 Å². The van der Waals surface area contributed by atoms with Crippen molar-refractivity contribution in [1.82, 2.24) is 0 Å². The summed E-state index contributed by atoms with van der Waals surface area (Å²) in [6, 6.07) is 6.89. The minimum atomic E-state index is -0.636. The van der Waals surface area contributed by atoms with E-state index >= 15 is 0 Å². The molecule has 3 aliphatic carbocycles. The van der Waals surface area contributed by atoms with Gasteiger partial charge in [0.25, 0.3) is 0 Å². The van der Waals surface area contributed by atoms with E-state index in [2.05, 4.69) is 65.5 Å². The summed E-state index contributed by atoms with van der Waals surface area (Å²) in [7, 11) is -0.636. The molecule has 5 atom stereocenters. The first kappa shape index (κ1) is 20.9. The summed E-state index contributed by atoms with van der Waals surface area (Å²) < 4.78 is 6.35. The van der Waals surface area contributed by atoms with Crippen molar-refractivity contribution in [1.29, 1.82) is 0 Å². The highest BCUT2D eigenvalue weighted by atomic mass is 28.2. The molecular weight excluding hydrogens is 372 g/mol. The minimum Gasteiger partial charge on any atom is -0.549 e. The van der Waals surface area contributed by atoms with Crippen molar-refractivity contribution >= 4 is 15.5 Å². The third-order valence-electron chi connectivity index (χ3n) is 8.95. The van der Waals surface area contributed by atoms with Gasteiger partial charge < -0.3 is 4.43 Å². The van der Waals surface area contributed by atoms with Crippen LogP contribution < -0.4 is 4.43 Å². The molecule has 0 saturated heterocycles. The highest BCUT2D eigenvalue weighted by Crippen LogP contribution is 2.61.